The van der Waals surface area contributed by atoms with Gasteiger partial charge in [-0.3, -0.25) is 9.59 Å². The van der Waals surface area contributed by atoms with Crippen LogP contribution in [0.1, 0.15) is 65.8 Å². The predicted octanol–water partition coefficient (Wildman–Crippen LogP) is 6.11. The van der Waals surface area contributed by atoms with Crippen molar-refractivity contribution in [3.05, 3.63) is 82.9 Å². The standard InChI is InChI=1S/C26H29NO2/c1-3-5-18-27(19-6-4-2)21-16-14-20(15-17-21)10-9-13-24-25(28)22-11-7-8-12-23(22)26(24)29/h7-17H,3-6,18-19H2,1-2H3/b10-9+. The Labute approximate surface area is 173 Å². The summed E-state index contributed by atoms with van der Waals surface area (Å²) in [7, 11) is 0. The average Bonchev–Trinajstić information content (AvgIpc) is 3.00. The number of Topliss-reactive ketones (excluding diaryl/α,β-unsaturated/α-hetero) is 2. The molecule has 3 nitrogen and oxygen atoms in total. The quantitative estimate of drug-likeness (QED) is 0.385. The SMILES string of the molecule is CCCCN(CCCC)c1ccc(/C=C/C=C2C(=O)c3ccccc3C2=O)cc1. The lowest BCUT2D eigenvalue weighted by Gasteiger charge is -2.24. The molecule has 0 aliphatic heterocycles. The zero-order valence-electron chi connectivity index (χ0n) is 17.4. The van der Waals surface area contributed by atoms with Gasteiger partial charge in [0.1, 0.15) is 0 Å². The lowest BCUT2D eigenvalue weighted by atomic mass is 10.1. The number of carbonyl (C=O) groups excluding carboxylic acids is 2. The number of hydrogen-bond acceptors (Lipinski definition) is 3. The molecule has 0 saturated heterocycles. The van der Waals surface area contributed by atoms with Crippen molar-refractivity contribution < 1.29 is 9.59 Å². The number of carbonyl (C=O) groups is 2. The van der Waals surface area contributed by atoms with Gasteiger partial charge in [0.05, 0.1) is 5.57 Å². The topological polar surface area (TPSA) is 37.4 Å². The third-order valence-electron chi connectivity index (χ3n) is 5.28. The van der Waals surface area contributed by atoms with Crippen molar-refractivity contribution in [3.8, 4) is 0 Å². The van der Waals surface area contributed by atoms with E-state index < -0.39 is 0 Å². The first-order chi connectivity index (χ1) is 14.2. The highest BCUT2D eigenvalue weighted by atomic mass is 16.2. The maximum Gasteiger partial charge on any atom is 0.197 e. The molecular formula is C26H29NO2. The normalized spacial score (nSPS) is 13.2. The number of allylic oxidation sites excluding steroid dienone is 3. The number of anilines is 1. The summed E-state index contributed by atoms with van der Waals surface area (Å²) in [5.74, 6) is -0.374. The first-order valence-corrected chi connectivity index (χ1v) is 10.6. The Balaban J connectivity index is 1.69. The summed E-state index contributed by atoms with van der Waals surface area (Å²) in [4.78, 5) is 27.3. The van der Waals surface area contributed by atoms with Crippen LogP contribution in [0.25, 0.3) is 6.08 Å². The molecule has 2 aromatic rings. The first-order valence-electron chi connectivity index (χ1n) is 10.6. The van der Waals surface area contributed by atoms with Crippen molar-refractivity contribution in [2.75, 3.05) is 18.0 Å². The van der Waals surface area contributed by atoms with Crippen LogP contribution in [-0.2, 0) is 0 Å². The Morgan fingerprint density at radius 1 is 0.793 bits per heavy atom. The number of fused-ring (bicyclic) bond motifs is 1. The summed E-state index contributed by atoms with van der Waals surface area (Å²) >= 11 is 0. The Hall–Kier alpha value is -2.94. The van der Waals surface area contributed by atoms with Gasteiger partial charge in [-0.1, -0.05) is 75.2 Å². The smallest absolute Gasteiger partial charge is 0.197 e. The minimum absolute atomic E-state index is 0.187. The molecule has 0 atom stereocenters. The molecule has 29 heavy (non-hydrogen) atoms. The Morgan fingerprint density at radius 3 is 1.86 bits per heavy atom. The molecule has 3 rings (SSSR count). The van der Waals surface area contributed by atoms with E-state index >= 15 is 0 Å². The number of hydrogen-bond donors (Lipinski definition) is 0. The summed E-state index contributed by atoms with van der Waals surface area (Å²) in [6, 6.07) is 15.5. The van der Waals surface area contributed by atoms with Crippen molar-refractivity contribution in [3.63, 3.8) is 0 Å². The van der Waals surface area contributed by atoms with E-state index in [2.05, 4.69) is 43.0 Å². The molecule has 2 aromatic carbocycles. The Bertz CT molecular complexity index is 877. The fourth-order valence-corrected chi connectivity index (χ4v) is 3.54. The molecule has 3 heteroatoms. The van der Waals surface area contributed by atoms with E-state index in [0.717, 1.165) is 18.7 Å². The maximum absolute atomic E-state index is 12.4. The second kappa shape index (κ2) is 10.0. The molecule has 0 aromatic heterocycles. The van der Waals surface area contributed by atoms with Gasteiger partial charge in [-0.25, -0.2) is 0 Å². The Kier molecular flexibility index (Phi) is 7.18. The summed E-state index contributed by atoms with van der Waals surface area (Å²) in [5, 5.41) is 0. The van der Waals surface area contributed by atoms with Crippen LogP contribution in [0.3, 0.4) is 0 Å². The molecule has 0 bridgehead atoms. The zero-order valence-corrected chi connectivity index (χ0v) is 17.4. The maximum atomic E-state index is 12.4. The van der Waals surface area contributed by atoms with E-state index in [-0.39, 0.29) is 17.1 Å². The lowest BCUT2D eigenvalue weighted by Crippen LogP contribution is -2.25. The summed E-state index contributed by atoms with van der Waals surface area (Å²) < 4.78 is 0. The van der Waals surface area contributed by atoms with Crippen molar-refractivity contribution in [1.82, 2.24) is 0 Å². The molecule has 1 aliphatic carbocycles. The summed E-state index contributed by atoms with van der Waals surface area (Å²) in [6.45, 7) is 6.61. The lowest BCUT2D eigenvalue weighted by molar-refractivity contribution is 0.0989. The molecule has 0 saturated carbocycles. The van der Waals surface area contributed by atoms with Crippen LogP contribution < -0.4 is 4.90 Å². The second-order valence-corrected chi connectivity index (χ2v) is 7.43. The fraction of sp³-hybridized carbons (Fsp3) is 0.308. The summed E-state index contributed by atoms with van der Waals surface area (Å²) in [6.07, 6.45) is 10.1. The largest absolute Gasteiger partial charge is 0.372 e. The average molecular weight is 388 g/mol. The van der Waals surface area contributed by atoms with E-state index in [1.54, 1.807) is 36.4 Å². The van der Waals surface area contributed by atoms with E-state index in [1.165, 1.54) is 31.4 Å². The number of benzene rings is 2. The fourth-order valence-electron chi connectivity index (χ4n) is 3.54. The third-order valence-corrected chi connectivity index (χ3v) is 5.28. The number of nitrogens with zero attached hydrogens (tertiary/aromatic N) is 1. The van der Waals surface area contributed by atoms with Crippen LogP contribution >= 0.6 is 0 Å². The van der Waals surface area contributed by atoms with Gasteiger partial charge in [0.25, 0.3) is 0 Å². The van der Waals surface area contributed by atoms with Crippen molar-refractivity contribution in [2.24, 2.45) is 0 Å². The monoisotopic (exact) mass is 387 g/mol. The molecule has 0 amide bonds. The van der Waals surface area contributed by atoms with Gasteiger partial charge < -0.3 is 4.90 Å². The van der Waals surface area contributed by atoms with Crippen LogP contribution in [0.5, 0.6) is 0 Å². The molecular weight excluding hydrogens is 358 g/mol. The van der Waals surface area contributed by atoms with Crippen molar-refractivity contribution >= 4 is 23.3 Å². The minimum Gasteiger partial charge on any atom is -0.372 e. The highest BCUT2D eigenvalue weighted by Gasteiger charge is 2.31. The van der Waals surface area contributed by atoms with Crippen LogP contribution in [0, 0.1) is 0 Å². The van der Waals surface area contributed by atoms with E-state index in [9.17, 15) is 9.59 Å². The highest BCUT2D eigenvalue weighted by molar-refractivity contribution is 6.39. The second-order valence-electron chi connectivity index (χ2n) is 7.43. The van der Waals surface area contributed by atoms with Gasteiger partial charge in [-0.15, -0.1) is 0 Å². The number of unbranched alkanes of at least 4 members (excludes halogenated alkanes) is 2. The van der Waals surface area contributed by atoms with Crippen LogP contribution in [-0.4, -0.2) is 24.7 Å². The molecule has 0 unspecified atom stereocenters. The Morgan fingerprint density at radius 2 is 1.34 bits per heavy atom. The van der Waals surface area contributed by atoms with Gasteiger partial charge >= 0.3 is 0 Å². The summed E-state index contributed by atoms with van der Waals surface area (Å²) in [5.41, 5.74) is 3.54. The molecule has 0 heterocycles. The molecule has 150 valence electrons. The minimum atomic E-state index is -0.187. The van der Waals surface area contributed by atoms with Crippen LogP contribution in [0.4, 0.5) is 5.69 Å². The molecule has 0 radical (unpaired) electrons. The van der Waals surface area contributed by atoms with Crippen molar-refractivity contribution in [1.29, 1.82) is 0 Å². The van der Waals surface area contributed by atoms with Gasteiger partial charge in [0.15, 0.2) is 11.6 Å². The van der Waals surface area contributed by atoms with Gasteiger partial charge in [0.2, 0.25) is 0 Å². The van der Waals surface area contributed by atoms with Gasteiger partial charge in [-0.2, -0.15) is 0 Å². The molecule has 0 spiro atoms. The molecule has 0 fully saturated rings. The molecule has 0 N–H and O–H groups in total. The van der Waals surface area contributed by atoms with Crippen molar-refractivity contribution in [2.45, 2.75) is 39.5 Å². The van der Waals surface area contributed by atoms with Gasteiger partial charge in [0, 0.05) is 29.9 Å². The predicted molar refractivity (Wildman–Crippen MR) is 121 cm³/mol. The number of ketones is 2. The van der Waals surface area contributed by atoms with E-state index in [1.807, 2.05) is 6.08 Å². The number of rotatable bonds is 9. The zero-order chi connectivity index (χ0) is 20.6. The van der Waals surface area contributed by atoms with Gasteiger partial charge in [-0.05, 0) is 36.6 Å². The van der Waals surface area contributed by atoms with Crippen LogP contribution in [0.15, 0.2) is 66.3 Å². The van der Waals surface area contributed by atoms with E-state index in [0.29, 0.717) is 11.1 Å². The van der Waals surface area contributed by atoms with E-state index in [4.69, 9.17) is 0 Å². The third kappa shape index (κ3) is 4.92. The van der Waals surface area contributed by atoms with Crippen LogP contribution in [0.2, 0.25) is 0 Å². The highest BCUT2D eigenvalue weighted by Crippen LogP contribution is 2.26. The molecule has 1 aliphatic rings. The first kappa shape index (κ1) is 20.8.